The van der Waals surface area contributed by atoms with Gasteiger partial charge in [0.25, 0.3) is 0 Å². The van der Waals surface area contributed by atoms with Crippen LogP contribution in [0.4, 0.5) is 5.69 Å². The molecule has 0 heterocycles. The Bertz CT molecular complexity index is 591. The van der Waals surface area contributed by atoms with Gasteiger partial charge in [0.15, 0.2) is 0 Å². The zero-order valence-electron chi connectivity index (χ0n) is 12.3. The number of thiocarbonyl (C=S) groups is 1. The highest BCUT2D eigenvalue weighted by Gasteiger charge is 2.25. The second kappa shape index (κ2) is 6.75. The summed E-state index contributed by atoms with van der Waals surface area (Å²) in [6, 6.07) is 6.99. The molecule has 6 heteroatoms. The largest absolute Gasteiger partial charge is 0.389 e. The van der Waals surface area contributed by atoms with Gasteiger partial charge in [-0.05, 0) is 43.0 Å². The first-order valence-corrected chi connectivity index (χ1v) is 9.28. The molecule has 1 aromatic rings. The molecule has 0 spiro atoms. The third kappa shape index (κ3) is 4.17. The Morgan fingerprint density at radius 1 is 1.24 bits per heavy atom. The fourth-order valence-electron chi connectivity index (χ4n) is 2.76. The van der Waals surface area contributed by atoms with Crippen LogP contribution >= 0.6 is 12.2 Å². The summed E-state index contributed by atoms with van der Waals surface area (Å²) in [5, 5.41) is 0. The summed E-state index contributed by atoms with van der Waals surface area (Å²) in [6.45, 7) is 0. The summed E-state index contributed by atoms with van der Waals surface area (Å²) >= 11 is 4.90. The average Bonchev–Trinajstić information content (AvgIpc) is 2.47. The van der Waals surface area contributed by atoms with Crippen LogP contribution in [-0.4, -0.2) is 26.2 Å². The molecule has 21 heavy (non-hydrogen) atoms. The van der Waals surface area contributed by atoms with E-state index in [4.69, 9.17) is 18.0 Å². The quantitative estimate of drug-likeness (QED) is 0.845. The van der Waals surface area contributed by atoms with Crippen LogP contribution in [0, 0.1) is 5.92 Å². The summed E-state index contributed by atoms with van der Waals surface area (Å²) in [7, 11) is -1.67. The lowest BCUT2D eigenvalue weighted by Gasteiger charge is -2.25. The molecule has 116 valence electrons. The lowest BCUT2D eigenvalue weighted by Crippen LogP contribution is -2.32. The zero-order valence-corrected chi connectivity index (χ0v) is 13.9. The molecule has 1 aliphatic carbocycles. The van der Waals surface area contributed by atoms with Crippen LogP contribution < -0.4 is 10.0 Å². The molecule has 0 atom stereocenters. The SMILES string of the molecule is CN(c1ccc(C(N)=S)cc1)S(=O)(=O)CC1CCCCC1. The molecular formula is C15H22N2O2S2. The number of anilines is 1. The molecule has 0 radical (unpaired) electrons. The smallest absolute Gasteiger partial charge is 0.235 e. The molecule has 0 saturated heterocycles. The van der Waals surface area contributed by atoms with Crippen molar-refractivity contribution >= 4 is 32.9 Å². The number of hydrogen-bond donors (Lipinski definition) is 1. The van der Waals surface area contributed by atoms with E-state index in [1.54, 1.807) is 31.3 Å². The number of rotatable bonds is 5. The fourth-order valence-corrected chi connectivity index (χ4v) is 4.49. The highest BCUT2D eigenvalue weighted by molar-refractivity contribution is 7.92. The third-order valence-electron chi connectivity index (χ3n) is 4.10. The van der Waals surface area contributed by atoms with Crippen molar-refractivity contribution in [1.29, 1.82) is 0 Å². The third-order valence-corrected chi connectivity index (χ3v) is 6.28. The van der Waals surface area contributed by atoms with Crippen molar-refractivity contribution in [2.45, 2.75) is 32.1 Å². The van der Waals surface area contributed by atoms with Crippen molar-refractivity contribution in [2.24, 2.45) is 11.7 Å². The topological polar surface area (TPSA) is 63.4 Å². The highest BCUT2D eigenvalue weighted by atomic mass is 32.2. The standard InChI is InChI=1S/C15H22N2O2S2/c1-17(14-9-7-13(8-10-14)15(16)20)21(18,19)11-12-5-3-2-4-6-12/h7-10,12H,2-6,11H2,1H3,(H2,16,20). The van der Waals surface area contributed by atoms with Gasteiger partial charge in [0.05, 0.1) is 11.4 Å². The zero-order chi connectivity index (χ0) is 15.5. The van der Waals surface area contributed by atoms with E-state index >= 15 is 0 Å². The molecule has 4 nitrogen and oxygen atoms in total. The van der Waals surface area contributed by atoms with Gasteiger partial charge in [0, 0.05) is 12.6 Å². The fraction of sp³-hybridized carbons (Fsp3) is 0.533. The van der Waals surface area contributed by atoms with Crippen LogP contribution in [0.15, 0.2) is 24.3 Å². The van der Waals surface area contributed by atoms with Crippen LogP contribution in [0.25, 0.3) is 0 Å². The molecule has 0 unspecified atom stereocenters. The number of benzene rings is 1. The maximum Gasteiger partial charge on any atom is 0.235 e. The maximum absolute atomic E-state index is 12.5. The van der Waals surface area contributed by atoms with E-state index in [2.05, 4.69) is 0 Å². The highest BCUT2D eigenvalue weighted by Crippen LogP contribution is 2.27. The van der Waals surface area contributed by atoms with E-state index in [9.17, 15) is 8.42 Å². The van der Waals surface area contributed by atoms with Gasteiger partial charge in [-0.15, -0.1) is 0 Å². The Hall–Kier alpha value is -1.14. The molecule has 1 aliphatic rings. The lowest BCUT2D eigenvalue weighted by atomic mass is 9.91. The second-order valence-corrected chi connectivity index (χ2v) is 8.15. The van der Waals surface area contributed by atoms with E-state index in [0.29, 0.717) is 16.6 Å². The first-order valence-electron chi connectivity index (χ1n) is 7.26. The molecule has 2 N–H and O–H groups in total. The van der Waals surface area contributed by atoms with Crippen LogP contribution in [-0.2, 0) is 10.0 Å². The second-order valence-electron chi connectivity index (χ2n) is 5.66. The Labute approximate surface area is 132 Å². The van der Waals surface area contributed by atoms with E-state index in [-0.39, 0.29) is 5.75 Å². The average molecular weight is 326 g/mol. The molecule has 1 aromatic carbocycles. The van der Waals surface area contributed by atoms with Crippen LogP contribution in [0.1, 0.15) is 37.7 Å². The molecule has 0 amide bonds. The molecular weight excluding hydrogens is 304 g/mol. The predicted octanol–water partition coefficient (Wildman–Crippen LogP) is 2.67. The van der Waals surface area contributed by atoms with Gasteiger partial charge in [0.1, 0.15) is 4.99 Å². The normalized spacial score (nSPS) is 16.6. The van der Waals surface area contributed by atoms with Crippen molar-refractivity contribution < 1.29 is 8.42 Å². The van der Waals surface area contributed by atoms with Crippen LogP contribution in [0.2, 0.25) is 0 Å². The molecule has 0 aliphatic heterocycles. The summed E-state index contributed by atoms with van der Waals surface area (Å²) in [5.41, 5.74) is 6.94. The van der Waals surface area contributed by atoms with E-state index in [0.717, 1.165) is 31.2 Å². The van der Waals surface area contributed by atoms with Crippen LogP contribution in [0.5, 0.6) is 0 Å². The van der Waals surface area contributed by atoms with E-state index in [1.807, 2.05) is 0 Å². The van der Waals surface area contributed by atoms with Crippen molar-refractivity contribution in [1.82, 2.24) is 0 Å². The van der Waals surface area contributed by atoms with Crippen molar-refractivity contribution in [3.8, 4) is 0 Å². The lowest BCUT2D eigenvalue weighted by molar-refractivity contribution is 0.385. The molecule has 1 fully saturated rings. The number of nitrogens with zero attached hydrogens (tertiary/aromatic N) is 1. The maximum atomic E-state index is 12.5. The van der Waals surface area contributed by atoms with Gasteiger partial charge < -0.3 is 5.73 Å². The minimum absolute atomic E-state index is 0.237. The predicted molar refractivity (Wildman–Crippen MR) is 91.1 cm³/mol. The Kier molecular flexibility index (Phi) is 5.22. The summed E-state index contributed by atoms with van der Waals surface area (Å²) in [6.07, 6.45) is 5.56. The monoisotopic (exact) mass is 326 g/mol. The van der Waals surface area contributed by atoms with Crippen molar-refractivity contribution in [3.05, 3.63) is 29.8 Å². The summed E-state index contributed by atoms with van der Waals surface area (Å²) in [4.78, 5) is 0.314. The van der Waals surface area contributed by atoms with Crippen LogP contribution in [0.3, 0.4) is 0 Å². The van der Waals surface area contributed by atoms with E-state index in [1.165, 1.54) is 10.7 Å². The Morgan fingerprint density at radius 2 is 1.81 bits per heavy atom. The number of hydrogen-bond acceptors (Lipinski definition) is 3. The minimum atomic E-state index is -3.28. The first-order chi connectivity index (χ1) is 9.90. The van der Waals surface area contributed by atoms with Gasteiger partial charge in [-0.2, -0.15) is 0 Å². The summed E-state index contributed by atoms with van der Waals surface area (Å²) in [5.74, 6) is 0.530. The molecule has 0 aromatic heterocycles. The molecule has 0 bridgehead atoms. The molecule has 1 saturated carbocycles. The minimum Gasteiger partial charge on any atom is -0.389 e. The van der Waals surface area contributed by atoms with Gasteiger partial charge in [-0.3, -0.25) is 4.31 Å². The van der Waals surface area contributed by atoms with Gasteiger partial charge >= 0.3 is 0 Å². The Balaban J connectivity index is 2.09. The van der Waals surface area contributed by atoms with Crippen molar-refractivity contribution in [2.75, 3.05) is 17.1 Å². The molecule has 2 rings (SSSR count). The number of sulfonamides is 1. The van der Waals surface area contributed by atoms with Gasteiger partial charge in [0.2, 0.25) is 10.0 Å². The first kappa shape index (κ1) is 16.2. The summed E-state index contributed by atoms with van der Waals surface area (Å²) < 4.78 is 26.4. The number of nitrogens with two attached hydrogens (primary N) is 1. The van der Waals surface area contributed by atoms with Crippen molar-refractivity contribution in [3.63, 3.8) is 0 Å². The van der Waals surface area contributed by atoms with Gasteiger partial charge in [-0.25, -0.2) is 8.42 Å². The van der Waals surface area contributed by atoms with E-state index < -0.39 is 10.0 Å². The Morgan fingerprint density at radius 3 is 2.33 bits per heavy atom. The van der Waals surface area contributed by atoms with Gasteiger partial charge in [-0.1, -0.05) is 31.5 Å².